The van der Waals surface area contributed by atoms with E-state index >= 15 is 0 Å². The third kappa shape index (κ3) is 3.74. The molecule has 0 spiro atoms. The molecule has 0 atom stereocenters. The van der Waals surface area contributed by atoms with Gasteiger partial charge in [0.25, 0.3) is 5.91 Å². The van der Waals surface area contributed by atoms with Crippen LogP contribution in [0.5, 0.6) is 0 Å². The number of thiophene rings is 1. The highest BCUT2D eigenvalue weighted by Crippen LogP contribution is 2.34. The van der Waals surface area contributed by atoms with E-state index in [4.69, 9.17) is 4.98 Å². The van der Waals surface area contributed by atoms with Crippen molar-refractivity contribution in [1.29, 1.82) is 5.26 Å². The zero-order valence-electron chi connectivity index (χ0n) is 16.5. The minimum Gasteiger partial charge on any atom is -0.312 e. The third-order valence-corrected chi connectivity index (χ3v) is 6.59. The van der Waals surface area contributed by atoms with E-state index in [1.54, 1.807) is 0 Å². The fraction of sp³-hybridized carbons (Fsp3) is 0.125. The van der Waals surface area contributed by atoms with Gasteiger partial charge < -0.3 is 5.32 Å². The Labute approximate surface area is 187 Å². The highest BCUT2D eigenvalue weighted by Gasteiger charge is 2.19. The van der Waals surface area contributed by atoms with E-state index < -0.39 is 0 Å². The van der Waals surface area contributed by atoms with Gasteiger partial charge in [0.2, 0.25) is 0 Å². The van der Waals surface area contributed by atoms with Crippen molar-refractivity contribution in [3.63, 3.8) is 0 Å². The number of hydrogen-bond donors (Lipinski definition) is 1. The fourth-order valence-electron chi connectivity index (χ4n) is 3.51. The minimum absolute atomic E-state index is 0.243. The lowest BCUT2D eigenvalue weighted by Gasteiger charge is -2.10. The van der Waals surface area contributed by atoms with Crippen molar-refractivity contribution < 1.29 is 4.79 Å². The first-order chi connectivity index (χ1) is 14.5. The molecule has 4 aromatic rings. The lowest BCUT2D eigenvalue weighted by atomic mass is 10.0. The van der Waals surface area contributed by atoms with Crippen LogP contribution in [0.25, 0.3) is 22.2 Å². The Morgan fingerprint density at radius 3 is 2.63 bits per heavy atom. The molecule has 2 heterocycles. The molecule has 2 aromatic carbocycles. The number of nitrogens with one attached hydrogen (secondary N) is 1. The normalized spacial score (nSPS) is 10.7. The summed E-state index contributed by atoms with van der Waals surface area (Å²) in [6.07, 6.45) is 0.757. The van der Waals surface area contributed by atoms with Crippen LogP contribution >= 0.6 is 27.3 Å². The molecular formula is C24H18BrN3OS. The summed E-state index contributed by atoms with van der Waals surface area (Å²) in [5.74, 6) is -0.243. The molecular weight excluding hydrogens is 458 g/mol. The molecule has 0 fully saturated rings. The molecule has 0 aliphatic heterocycles. The summed E-state index contributed by atoms with van der Waals surface area (Å²) in [7, 11) is 0. The molecule has 0 bridgehead atoms. The quantitative estimate of drug-likeness (QED) is 0.356. The number of aromatic nitrogens is 1. The van der Waals surface area contributed by atoms with Crippen molar-refractivity contribution >= 4 is 49.1 Å². The standard InChI is InChI=1S/C24H18BrN3OS/c1-3-17-14(2)30-24(20(17)13-26)28-23(29)19-12-22(15-8-10-16(25)11-9-15)27-21-7-5-4-6-18(19)21/h4-12H,3H2,1-2H3,(H,28,29). The first-order valence-electron chi connectivity index (χ1n) is 9.51. The molecule has 0 aliphatic rings. The van der Waals surface area contributed by atoms with Crippen LogP contribution in [0.15, 0.2) is 59.1 Å². The molecule has 1 amide bonds. The SMILES string of the molecule is CCc1c(C)sc(NC(=O)c2cc(-c3ccc(Br)cc3)nc3ccccc23)c1C#N. The van der Waals surface area contributed by atoms with Crippen LogP contribution in [0.4, 0.5) is 5.00 Å². The number of benzene rings is 2. The van der Waals surface area contributed by atoms with E-state index in [2.05, 4.69) is 27.3 Å². The van der Waals surface area contributed by atoms with Gasteiger partial charge in [0.1, 0.15) is 11.1 Å². The van der Waals surface area contributed by atoms with Gasteiger partial charge in [-0.2, -0.15) is 5.26 Å². The molecule has 0 unspecified atom stereocenters. The van der Waals surface area contributed by atoms with E-state index in [-0.39, 0.29) is 5.91 Å². The molecule has 148 valence electrons. The van der Waals surface area contributed by atoms with Gasteiger partial charge in [-0.1, -0.05) is 53.2 Å². The van der Waals surface area contributed by atoms with Gasteiger partial charge in [0.05, 0.1) is 22.3 Å². The summed E-state index contributed by atoms with van der Waals surface area (Å²) in [5.41, 5.74) is 4.49. The van der Waals surface area contributed by atoms with Crippen LogP contribution in [0, 0.1) is 18.3 Å². The number of amides is 1. The first kappa shape index (κ1) is 20.3. The predicted octanol–water partition coefficient (Wildman–Crippen LogP) is 6.72. The topological polar surface area (TPSA) is 65.8 Å². The number of anilines is 1. The number of halogens is 1. The molecule has 4 nitrogen and oxygen atoms in total. The van der Waals surface area contributed by atoms with Gasteiger partial charge in [-0.3, -0.25) is 4.79 Å². The highest BCUT2D eigenvalue weighted by molar-refractivity contribution is 9.10. The van der Waals surface area contributed by atoms with Crippen molar-refractivity contribution in [2.75, 3.05) is 5.32 Å². The average molecular weight is 476 g/mol. The number of carbonyl (C=O) groups excluding carboxylic acids is 1. The molecule has 0 radical (unpaired) electrons. The van der Waals surface area contributed by atoms with Gasteiger partial charge in [0, 0.05) is 20.3 Å². The number of fused-ring (bicyclic) bond motifs is 1. The van der Waals surface area contributed by atoms with Crippen molar-refractivity contribution in [3.05, 3.63) is 80.6 Å². The Kier molecular flexibility index (Phi) is 5.67. The van der Waals surface area contributed by atoms with Crippen molar-refractivity contribution in [2.45, 2.75) is 20.3 Å². The van der Waals surface area contributed by atoms with Crippen molar-refractivity contribution in [1.82, 2.24) is 4.98 Å². The second kappa shape index (κ2) is 8.39. The Morgan fingerprint density at radius 2 is 1.93 bits per heavy atom. The largest absolute Gasteiger partial charge is 0.312 e. The van der Waals surface area contributed by atoms with Gasteiger partial charge in [0.15, 0.2) is 0 Å². The zero-order chi connectivity index (χ0) is 21.3. The molecule has 0 saturated heterocycles. The molecule has 0 aliphatic carbocycles. The van der Waals surface area contributed by atoms with E-state index in [9.17, 15) is 10.1 Å². The highest BCUT2D eigenvalue weighted by atomic mass is 79.9. The van der Waals surface area contributed by atoms with Crippen LogP contribution in [0.3, 0.4) is 0 Å². The number of carbonyl (C=O) groups is 1. The zero-order valence-corrected chi connectivity index (χ0v) is 18.9. The number of nitriles is 1. The Bertz CT molecular complexity index is 1300. The number of pyridine rings is 1. The van der Waals surface area contributed by atoms with E-state index in [1.807, 2.05) is 68.4 Å². The van der Waals surface area contributed by atoms with Gasteiger partial charge in [-0.25, -0.2) is 4.98 Å². The molecule has 4 rings (SSSR count). The molecule has 2 aromatic heterocycles. The predicted molar refractivity (Wildman–Crippen MR) is 126 cm³/mol. The lowest BCUT2D eigenvalue weighted by molar-refractivity contribution is 0.102. The monoisotopic (exact) mass is 475 g/mol. The summed E-state index contributed by atoms with van der Waals surface area (Å²) < 4.78 is 0.980. The number of rotatable bonds is 4. The van der Waals surface area contributed by atoms with Crippen LogP contribution in [-0.4, -0.2) is 10.9 Å². The smallest absolute Gasteiger partial charge is 0.257 e. The van der Waals surface area contributed by atoms with Crippen LogP contribution in [-0.2, 0) is 6.42 Å². The second-order valence-electron chi connectivity index (χ2n) is 6.84. The number of aryl methyl sites for hydroxylation is 1. The maximum Gasteiger partial charge on any atom is 0.257 e. The Morgan fingerprint density at radius 1 is 1.20 bits per heavy atom. The van der Waals surface area contributed by atoms with Gasteiger partial charge in [-0.05, 0) is 43.2 Å². The maximum absolute atomic E-state index is 13.3. The van der Waals surface area contributed by atoms with Crippen LogP contribution in [0.2, 0.25) is 0 Å². The molecule has 0 saturated carbocycles. The fourth-order valence-corrected chi connectivity index (χ4v) is 4.87. The van der Waals surface area contributed by atoms with E-state index in [1.165, 1.54) is 11.3 Å². The first-order valence-corrected chi connectivity index (χ1v) is 11.1. The number of hydrogen-bond acceptors (Lipinski definition) is 4. The lowest BCUT2D eigenvalue weighted by Crippen LogP contribution is -2.13. The average Bonchev–Trinajstić information content (AvgIpc) is 3.07. The van der Waals surface area contributed by atoms with Gasteiger partial charge >= 0.3 is 0 Å². The molecule has 30 heavy (non-hydrogen) atoms. The Hall–Kier alpha value is -3.01. The molecule has 6 heteroatoms. The van der Waals surface area contributed by atoms with Crippen LogP contribution in [0.1, 0.15) is 33.3 Å². The minimum atomic E-state index is -0.243. The van der Waals surface area contributed by atoms with Crippen molar-refractivity contribution in [2.24, 2.45) is 0 Å². The van der Waals surface area contributed by atoms with Gasteiger partial charge in [-0.15, -0.1) is 11.3 Å². The third-order valence-electron chi connectivity index (χ3n) is 5.00. The summed E-state index contributed by atoms with van der Waals surface area (Å²) in [6.45, 7) is 4.00. The maximum atomic E-state index is 13.3. The number of nitrogens with zero attached hydrogens (tertiary/aromatic N) is 2. The summed E-state index contributed by atoms with van der Waals surface area (Å²) >= 11 is 4.90. The van der Waals surface area contributed by atoms with Crippen LogP contribution < -0.4 is 5.32 Å². The second-order valence-corrected chi connectivity index (χ2v) is 8.98. The van der Waals surface area contributed by atoms with Crippen molar-refractivity contribution in [3.8, 4) is 17.3 Å². The summed E-state index contributed by atoms with van der Waals surface area (Å²) in [4.78, 5) is 19.1. The number of para-hydroxylation sites is 1. The summed E-state index contributed by atoms with van der Waals surface area (Å²) in [5, 5.41) is 14.0. The molecule has 1 N–H and O–H groups in total. The van der Waals surface area contributed by atoms with E-state index in [0.29, 0.717) is 16.1 Å². The van der Waals surface area contributed by atoms with E-state index in [0.717, 1.165) is 43.5 Å². The Balaban J connectivity index is 1.81. The summed E-state index contributed by atoms with van der Waals surface area (Å²) in [6, 6.07) is 19.5.